The topological polar surface area (TPSA) is 49.9 Å². The predicted molar refractivity (Wildman–Crippen MR) is 83.0 cm³/mol. The van der Waals surface area contributed by atoms with Crippen LogP contribution in [0.5, 0.6) is 5.75 Å². The summed E-state index contributed by atoms with van der Waals surface area (Å²) in [6.07, 6.45) is 2.39. The Hall–Kier alpha value is -1.33. The van der Waals surface area contributed by atoms with Crippen molar-refractivity contribution in [1.82, 2.24) is 15.5 Å². The summed E-state index contributed by atoms with van der Waals surface area (Å²) >= 11 is 3.51. The number of rotatable bonds is 3. The van der Waals surface area contributed by atoms with Crippen LogP contribution in [0.25, 0.3) is 11.3 Å². The number of ether oxygens (including phenoxy) is 1. The molecule has 20 heavy (non-hydrogen) atoms. The third-order valence-electron chi connectivity index (χ3n) is 3.87. The monoisotopic (exact) mass is 335 g/mol. The van der Waals surface area contributed by atoms with Crippen molar-refractivity contribution in [3.63, 3.8) is 0 Å². The van der Waals surface area contributed by atoms with Gasteiger partial charge in [0.15, 0.2) is 0 Å². The van der Waals surface area contributed by atoms with Crippen LogP contribution in [0.3, 0.4) is 0 Å². The van der Waals surface area contributed by atoms with Crippen LogP contribution >= 0.6 is 15.9 Å². The van der Waals surface area contributed by atoms with Crippen LogP contribution in [0.15, 0.2) is 22.7 Å². The molecular weight excluding hydrogens is 318 g/mol. The standard InChI is InChI=1S/C15H18BrN3O/c1-9-14(11-8-10(16)5-6-13(11)20-2)18-19-15(9)12-4-3-7-17-12/h5-6,8,12,17H,3-4,7H2,1-2H3,(H,18,19). The Balaban J connectivity index is 2.04. The fraction of sp³-hybridized carbons (Fsp3) is 0.400. The maximum atomic E-state index is 5.45. The maximum Gasteiger partial charge on any atom is 0.128 e. The highest BCUT2D eigenvalue weighted by Gasteiger charge is 2.23. The lowest BCUT2D eigenvalue weighted by Gasteiger charge is -2.10. The molecule has 1 aliphatic rings. The lowest BCUT2D eigenvalue weighted by atomic mass is 10.0. The molecule has 2 heterocycles. The summed E-state index contributed by atoms with van der Waals surface area (Å²) in [6.45, 7) is 3.20. The van der Waals surface area contributed by atoms with Crippen LogP contribution in [-0.4, -0.2) is 23.9 Å². The van der Waals surface area contributed by atoms with Gasteiger partial charge in [-0.2, -0.15) is 5.10 Å². The largest absolute Gasteiger partial charge is 0.496 e. The molecule has 1 saturated heterocycles. The molecule has 1 aliphatic heterocycles. The molecule has 0 radical (unpaired) electrons. The zero-order valence-electron chi connectivity index (χ0n) is 11.7. The van der Waals surface area contributed by atoms with Gasteiger partial charge in [0.2, 0.25) is 0 Å². The number of nitrogens with zero attached hydrogens (tertiary/aromatic N) is 1. The average Bonchev–Trinajstić information content (AvgIpc) is 3.07. The fourth-order valence-electron chi connectivity index (χ4n) is 2.81. The third kappa shape index (κ3) is 2.36. The highest BCUT2D eigenvalue weighted by Crippen LogP contribution is 2.36. The van der Waals surface area contributed by atoms with E-state index in [1.165, 1.54) is 17.7 Å². The number of H-pyrrole nitrogens is 1. The summed E-state index contributed by atoms with van der Waals surface area (Å²) in [5.41, 5.74) is 4.37. The van der Waals surface area contributed by atoms with E-state index >= 15 is 0 Å². The first-order chi connectivity index (χ1) is 9.70. The number of methoxy groups -OCH3 is 1. The smallest absolute Gasteiger partial charge is 0.128 e. The second-order valence-electron chi connectivity index (χ2n) is 5.10. The highest BCUT2D eigenvalue weighted by atomic mass is 79.9. The summed E-state index contributed by atoms with van der Waals surface area (Å²) in [5.74, 6) is 0.841. The number of hydrogen-bond acceptors (Lipinski definition) is 3. The van der Waals surface area contributed by atoms with Crippen molar-refractivity contribution in [3.05, 3.63) is 33.9 Å². The van der Waals surface area contributed by atoms with Crippen LogP contribution in [0.1, 0.15) is 30.1 Å². The van der Waals surface area contributed by atoms with Crippen molar-refractivity contribution in [3.8, 4) is 17.0 Å². The number of hydrogen-bond donors (Lipinski definition) is 2. The van der Waals surface area contributed by atoms with Gasteiger partial charge in [-0.25, -0.2) is 0 Å². The molecule has 2 N–H and O–H groups in total. The highest BCUT2D eigenvalue weighted by molar-refractivity contribution is 9.10. The molecule has 0 amide bonds. The molecule has 0 aliphatic carbocycles. The molecule has 1 aromatic heterocycles. The molecule has 4 nitrogen and oxygen atoms in total. The summed E-state index contributed by atoms with van der Waals surface area (Å²) in [7, 11) is 1.69. The van der Waals surface area contributed by atoms with E-state index < -0.39 is 0 Å². The average molecular weight is 336 g/mol. The van der Waals surface area contributed by atoms with E-state index in [4.69, 9.17) is 4.74 Å². The number of nitrogens with one attached hydrogen (secondary N) is 2. The SMILES string of the molecule is COc1ccc(Br)cc1-c1n[nH]c(C2CCCN2)c1C. The molecule has 0 saturated carbocycles. The van der Waals surface area contributed by atoms with Gasteiger partial charge in [-0.15, -0.1) is 0 Å². The molecule has 0 bridgehead atoms. The molecule has 2 aromatic rings. The Morgan fingerprint density at radius 3 is 2.95 bits per heavy atom. The molecule has 1 fully saturated rings. The molecule has 1 unspecified atom stereocenters. The Bertz CT molecular complexity index is 618. The van der Waals surface area contributed by atoms with Gasteiger partial charge in [0.05, 0.1) is 18.5 Å². The quantitative estimate of drug-likeness (QED) is 0.901. The van der Waals surface area contributed by atoms with Crippen molar-refractivity contribution in [2.24, 2.45) is 0 Å². The van der Waals surface area contributed by atoms with Gasteiger partial charge >= 0.3 is 0 Å². The first-order valence-corrected chi connectivity index (χ1v) is 7.62. The molecule has 106 valence electrons. The lowest BCUT2D eigenvalue weighted by Crippen LogP contribution is -2.14. The number of aromatic nitrogens is 2. The van der Waals surface area contributed by atoms with Crippen molar-refractivity contribution in [1.29, 1.82) is 0 Å². The second-order valence-corrected chi connectivity index (χ2v) is 6.02. The summed E-state index contributed by atoms with van der Waals surface area (Å²) in [6, 6.07) is 6.38. The van der Waals surface area contributed by atoms with Crippen molar-refractivity contribution in [2.75, 3.05) is 13.7 Å². The maximum absolute atomic E-state index is 5.45. The minimum atomic E-state index is 0.398. The van der Waals surface area contributed by atoms with E-state index in [0.29, 0.717) is 6.04 Å². The fourth-order valence-corrected chi connectivity index (χ4v) is 3.17. The Labute approximate surface area is 127 Å². The minimum Gasteiger partial charge on any atom is -0.496 e. The van der Waals surface area contributed by atoms with E-state index in [-0.39, 0.29) is 0 Å². The summed E-state index contributed by atoms with van der Waals surface area (Å²) < 4.78 is 6.48. The first-order valence-electron chi connectivity index (χ1n) is 6.83. The van der Waals surface area contributed by atoms with Crippen molar-refractivity contribution < 1.29 is 4.74 Å². The second kappa shape index (κ2) is 5.58. The van der Waals surface area contributed by atoms with Gasteiger partial charge in [0, 0.05) is 16.1 Å². The molecule has 1 atom stereocenters. The Morgan fingerprint density at radius 2 is 2.25 bits per heavy atom. The van der Waals surface area contributed by atoms with E-state index in [2.05, 4.69) is 38.4 Å². The van der Waals surface area contributed by atoms with Crippen LogP contribution in [0, 0.1) is 6.92 Å². The molecular formula is C15H18BrN3O. The van der Waals surface area contributed by atoms with Crippen molar-refractivity contribution in [2.45, 2.75) is 25.8 Å². The molecule has 0 spiro atoms. The van der Waals surface area contributed by atoms with Gasteiger partial charge in [-0.05, 0) is 50.1 Å². The van der Waals surface area contributed by atoms with Crippen LogP contribution in [0.2, 0.25) is 0 Å². The van der Waals surface area contributed by atoms with Gasteiger partial charge in [-0.1, -0.05) is 15.9 Å². The predicted octanol–water partition coefficient (Wildman–Crippen LogP) is 3.58. The molecule has 1 aromatic carbocycles. The van der Waals surface area contributed by atoms with E-state index in [1.807, 2.05) is 18.2 Å². The van der Waals surface area contributed by atoms with Crippen LogP contribution in [0.4, 0.5) is 0 Å². The zero-order valence-corrected chi connectivity index (χ0v) is 13.3. The minimum absolute atomic E-state index is 0.398. The summed E-state index contributed by atoms with van der Waals surface area (Å²) in [5, 5.41) is 11.2. The number of halogens is 1. The van der Waals surface area contributed by atoms with E-state index in [0.717, 1.165) is 34.4 Å². The van der Waals surface area contributed by atoms with Crippen molar-refractivity contribution >= 4 is 15.9 Å². The Kier molecular flexibility index (Phi) is 3.81. The van der Waals surface area contributed by atoms with Crippen LogP contribution < -0.4 is 10.1 Å². The van der Waals surface area contributed by atoms with E-state index in [9.17, 15) is 0 Å². The first kappa shape index (κ1) is 13.6. The van der Waals surface area contributed by atoms with Gasteiger partial charge in [0.25, 0.3) is 0 Å². The number of aromatic amines is 1. The van der Waals surface area contributed by atoms with Crippen LogP contribution in [-0.2, 0) is 0 Å². The third-order valence-corrected chi connectivity index (χ3v) is 4.37. The van der Waals surface area contributed by atoms with E-state index in [1.54, 1.807) is 7.11 Å². The lowest BCUT2D eigenvalue weighted by molar-refractivity contribution is 0.416. The normalized spacial score (nSPS) is 18.4. The molecule has 3 rings (SSSR count). The molecule has 5 heteroatoms. The number of benzene rings is 1. The Morgan fingerprint density at radius 1 is 1.40 bits per heavy atom. The summed E-state index contributed by atoms with van der Waals surface area (Å²) in [4.78, 5) is 0. The van der Waals surface area contributed by atoms with Gasteiger partial charge < -0.3 is 10.1 Å². The van der Waals surface area contributed by atoms with Gasteiger partial charge in [0.1, 0.15) is 5.75 Å². The zero-order chi connectivity index (χ0) is 14.1. The van der Waals surface area contributed by atoms with Gasteiger partial charge in [-0.3, -0.25) is 5.10 Å².